The predicted octanol–water partition coefficient (Wildman–Crippen LogP) is 2.41. The van der Waals surface area contributed by atoms with Crippen molar-refractivity contribution in [3.05, 3.63) is 0 Å². The minimum atomic E-state index is 0.386. The third-order valence-electron chi connectivity index (χ3n) is 4.64. The highest BCUT2D eigenvalue weighted by Gasteiger charge is 2.24. The van der Waals surface area contributed by atoms with Gasteiger partial charge in [-0.25, -0.2) is 0 Å². The van der Waals surface area contributed by atoms with Crippen molar-refractivity contribution in [1.29, 1.82) is 0 Å². The molecule has 18 heavy (non-hydrogen) atoms. The SMILES string of the molecule is CC(CC(=O)N1CCCNCC1)C1CCCCC1. The topological polar surface area (TPSA) is 32.3 Å². The van der Waals surface area contributed by atoms with Crippen LogP contribution in [0.15, 0.2) is 0 Å². The summed E-state index contributed by atoms with van der Waals surface area (Å²) in [6, 6.07) is 0. The molecule has 1 unspecified atom stereocenters. The van der Waals surface area contributed by atoms with Gasteiger partial charge in [-0.3, -0.25) is 4.79 Å². The maximum absolute atomic E-state index is 12.3. The predicted molar refractivity (Wildman–Crippen MR) is 74.4 cm³/mol. The van der Waals surface area contributed by atoms with E-state index in [0.717, 1.165) is 44.9 Å². The van der Waals surface area contributed by atoms with Gasteiger partial charge in [-0.1, -0.05) is 39.0 Å². The van der Waals surface area contributed by atoms with Gasteiger partial charge in [0.25, 0.3) is 0 Å². The van der Waals surface area contributed by atoms with Crippen molar-refractivity contribution in [1.82, 2.24) is 10.2 Å². The minimum Gasteiger partial charge on any atom is -0.341 e. The van der Waals surface area contributed by atoms with Gasteiger partial charge >= 0.3 is 0 Å². The fourth-order valence-electron chi connectivity index (χ4n) is 3.37. The highest BCUT2D eigenvalue weighted by molar-refractivity contribution is 5.76. The molecule has 1 aliphatic heterocycles. The van der Waals surface area contributed by atoms with Crippen LogP contribution in [0.4, 0.5) is 0 Å². The van der Waals surface area contributed by atoms with Gasteiger partial charge in [0.05, 0.1) is 0 Å². The summed E-state index contributed by atoms with van der Waals surface area (Å²) in [5, 5.41) is 3.35. The minimum absolute atomic E-state index is 0.386. The van der Waals surface area contributed by atoms with E-state index in [9.17, 15) is 4.79 Å². The van der Waals surface area contributed by atoms with Gasteiger partial charge in [0, 0.05) is 26.1 Å². The third kappa shape index (κ3) is 3.98. The molecule has 3 heteroatoms. The average Bonchev–Trinajstić information content (AvgIpc) is 2.68. The molecule has 1 aliphatic carbocycles. The summed E-state index contributed by atoms with van der Waals surface area (Å²) in [5.41, 5.74) is 0. The molecule has 3 nitrogen and oxygen atoms in total. The van der Waals surface area contributed by atoms with Gasteiger partial charge in [-0.15, -0.1) is 0 Å². The lowest BCUT2D eigenvalue weighted by atomic mass is 9.79. The molecule has 1 N–H and O–H groups in total. The Morgan fingerprint density at radius 3 is 2.72 bits per heavy atom. The Kier molecular flexibility index (Phi) is 5.48. The van der Waals surface area contributed by atoms with Crippen molar-refractivity contribution >= 4 is 5.91 Å². The summed E-state index contributed by atoms with van der Waals surface area (Å²) in [6.45, 7) is 6.15. The van der Waals surface area contributed by atoms with Crippen LogP contribution in [0.25, 0.3) is 0 Å². The molecule has 0 radical (unpaired) electrons. The van der Waals surface area contributed by atoms with Crippen LogP contribution in [0.5, 0.6) is 0 Å². The molecular weight excluding hydrogens is 224 g/mol. The molecule has 1 atom stereocenters. The van der Waals surface area contributed by atoms with Crippen molar-refractivity contribution in [2.45, 2.75) is 51.9 Å². The lowest BCUT2D eigenvalue weighted by molar-refractivity contribution is -0.132. The number of nitrogens with one attached hydrogen (secondary N) is 1. The first kappa shape index (κ1) is 13.9. The zero-order chi connectivity index (χ0) is 12.8. The Morgan fingerprint density at radius 1 is 1.17 bits per heavy atom. The second-order valence-corrected chi connectivity index (χ2v) is 6.06. The smallest absolute Gasteiger partial charge is 0.222 e. The summed E-state index contributed by atoms with van der Waals surface area (Å²) < 4.78 is 0. The number of rotatable bonds is 3. The molecule has 0 aromatic carbocycles. The highest BCUT2D eigenvalue weighted by Crippen LogP contribution is 2.31. The van der Waals surface area contributed by atoms with Crippen molar-refractivity contribution < 1.29 is 4.79 Å². The van der Waals surface area contributed by atoms with Crippen LogP contribution in [0.2, 0.25) is 0 Å². The van der Waals surface area contributed by atoms with E-state index in [4.69, 9.17) is 0 Å². The van der Waals surface area contributed by atoms with Crippen LogP contribution in [0.3, 0.4) is 0 Å². The average molecular weight is 252 g/mol. The Hall–Kier alpha value is -0.570. The van der Waals surface area contributed by atoms with Crippen molar-refractivity contribution in [2.24, 2.45) is 11.8 Å². The summed E-state index contributed by atoms with van der Waals surface area (Å²) in [7, 11) is 0. The van der Waals surface area contributed by atoms with Crippen LogP contribution >= 0.6 is 0 Å². The van der Waals surface area contributed by atoms with E-state index in [-0.39, 0.29) is 0 Å². The lowest BCUT2D eigenvalue weighted by Crippen LogP contribution is -2.35. The largest absolute Gasteiger partial charge is 0.341 e. The van der Waals surface area contributed by atoms with Crippen LogP contribution < -0.4 is 5.32 Å². The summed E-state index contributed by atoms with van der Waals surface area (Å²) >= 11 is 0. The molecule has 2 rings (SSSR count). The Bertz CT molecular complexity index is 253. The van der Waals surface area contributed by atoms with Gasteiger partial charge in [-0.2, -0.15) is 0 Å². The number of amides is 1. The molecule has 0 spiro atoms. The highest BCUT2D eigenvalue weighted by atomic mass is 16.2. The van der Waals surface area contributed by atoms with Crippen LogP contribution in [-0.4, -0.2) is 37.0 Å². The van der Waals surface area contributed by atoms with Crippen molar-refractivity contribution in [3.63, 3.8) is 0 Å². The summed E-state index contributed by atoms with van der Waals surface area (Å²) in [6.07, 6.45) is 8.70. The molecule has 1 saturated carbocycles. The summed E-state index contributed by atoms with van der Waals surface area (Å²) in [5.74, 6) is 1.76. The van der Waals surface area contributed by atoms with E-state index in [2.05, 4.69) is 17.1 Å². The quantitative estimate of drug-likeness (QED) is 0.836. The number of carbonyl (C=O) groups excluding carboxylic acids is 1. The fraction of sp³-hybridized carbons (Fsp3) is 0.933. The van der Waals surface area contributed by atoms with E-state index in [1.165, 1.54) is 32.1 Å². The number of hydrogen-bond donors (Lipinski definition) is 1. The van der Waals surface area contributed by atoms with E-state index in [0.29, 0.717) is 11.8 Å². The van der Waals surface area contributed by atoms with Crippen LogP contribution in [-0.2, 0) is 4.79 Å². The van der Waals surface area contributed by atoms with E-state index >= 15 is 0 Å². The normalized spacial score (nSPS) is 24.6. The maximum atomic E-state index is 12.3. The number of nitrogens with zero attached hydrogens (tertiary/aromatic N) is 1. The van der Waals surface area contributed by atoms with Gasteiger partial charge in [0.1, 0.15) is 0 Å². The number of carbonyl (C=O) groups is 1. The standard InChI is InChI=1S/C15H28N2O/c1-13(14-6-3-2-4-7-14)12-15(18)17-10-5-8-16-9-11-17/h13-14,16H,2-12H2,1H3. The van der Waals surface area contributed by atoms with Crippen molar-refractivity contribution in [2.75, 3.05) is 26.2 Å². The second kappa shape index (κ2) is 7.13. The maximum Gasteiger partial charge on any atom is 0.222 e. The summed E-state index contributed by atoms with van der Waals surface area (Å²) in [4.78, 5) is 14.4. The van der Waals surface area contributed by atoms with E-state index in [1.54, 1.807) is 0 Å². The van der Waals surface area contributed by atoms with Crippen LogP contribution in [0, 0.1) is 11.8 Å². The molecule has 1 amide bonds. The first-order chi connectivity index (χ1) is 8.77. The molecule has 1 heterocycles. The molecule has 2 aliphatic rings. The molecule has 104 valence electrons. The monoisotopic (exact) mass is 252 g/mol. The Balaban J connectivity index is 1.77. The lowest BCUT2D eigenvalue weighted by Gasteiger charge is -2.29. The van der Waals surface area contributed by atoms with Gasteiger partial charge in [-0.05, 0) is 24.8 Å². The third-order valence-corrected chi connectivity index (χ3v) is 4.64. The van der Waals surface area contributed by atoms with Crippen LogP contribution in [0.1, 0.15) is 51.9 Å². The molecule has 1 saturated heterocycles. The number of hydrogen-bond acceptors (Lipinski definition) is 2. The van der Waals surface area contributed by atoms with Gasteiger partial charge < -0.3 is 10.2 Å². The van der Waals surface area contributed by atoms with Gasteiger partial charge in [0.2, 0.25) is 5.91 Å². The molecule has 0 aromatic heterocycles. The van der Waals surface area contributed by atoms with E-state index in [1.807, 2.05) is 0 Å². The first-order valence-electron chi connectivity index (χ1n) is 7.76. The Morgan fingerprint density at radius 2 is 1.94 bits per heavy atom. The molecule has 2 fully saturated rings. The molecule has 0 aromatic rings. The zero-order valence-corrected chi connectivity index (χ0v) is 11.8. The fourth-order valence-corrected chi connectivity index (χ4v) is 3.37. The zero-order valence-electron chi connectivity index (χ0n) is 11.8. The first-order valence-corrected chi connectivity index (χ1v) is 7.76. The Labute approximate surface area is 111 Å². The second-order valence-electron chi connectivity index (χ2n) is 6.06. The van der Waals surface area contributed by atoms with E-state index < -0.39 is 0 Å². The van der Waals surface area contributed by atoms with Gasteiger partial charge in [0.15, 0.2) is 0 Å². The molecular formula is C15H28N2O. The van der Waals surface area contributed by atoms with Crippen molar-refractivity contribution in [3.8, 4) is 0 Å². The molecule has 0 bridgehead atoms.